The summed E-state index contributed by atoms with van der Waals surface area (Å²) < 4.78 is 0. The van der Waals surface area contributed by atoms with Gasteiger partial charge in [0.2, 0.25) is 5.91 Å². The van der Waals surface area contributed by atoms with Crippen molar-refractivity contribution in [1.82, 2.24) is 5.32 Å². The molecule has 0 aliphatic rings. The van der Waals surface area contributed by atoms with Crippen LogP contribution in [0, 0.1) is 0 Å². The molecule has 0 heterocycles. The lowest BCUT2D eigenvalue weighted by atomic mass is 10.00. The number of nitrogens with one attached hydrogen (secondary N) is 1. The van der Waals surface area contributed by atoms with Gasteiger partial charge >= 0.3 is 0 Å². The summed E-state index contributed by atoms with van der Waals surface area (Å²) in [6.07, 6.45) is 48.0. The number of carbonyl (C=O) groups is 1. The van der Waals surface area contributed by atoms with E-state index in [1.54, 1.807) is 0 Å². The predicted octanol–water partition coefficient (Wildman–Crippen LogP) is 12.4. The van der Waals surface area contributed by atoms with E-state index < -0.39 is 36.9 Å². The zero-order valence-electron chi connectivity index (χ0n) is 35.3. The summed E-state index contributed by atoms with van der Waals surface area (Å²) in [5, 5.41) is 43.6. The van der Waals surface area contributed by atoms with Crippen LogP contribution in [0.1, 0.15) is 239 Å². The van der Waals surface area contributed by atoms with Crippen LogP contribution in [0.5, 0.6) is 0 Å². The highest BCUT2D eigenvalue weighted by Gasteiger charge is 2.28. The molecule has 0 saturated heterocycles. The lowest BCUT2D eigenvalue weighted by Gasteiger charge is -2.27. The molecular formula is C47H91NO5. The van der Waals surface area contributed by atoms with Gasteiger partial charge in [-0.25, -0.2) is 0 Å². The Labute approximate surface area is 329 Å². The standard InChI is InChI=1S/C47H91NO5/c1-3-5-7-9-11-13-15-16-17-18-19-20-21-22-23-24-25-26-27-28-29-31-33-35-37-39-41-45(51)47(53)48-43(42-49)46(52)44(50)40-38-36-34-32-30-14-12-10-8-6-4-2/h22-23,32,34,43-46,49-52H,3-21,24-31,33,35-42H2,1-2H3,(H,48,53)/b23-22-,34-32+. The number of rotatable bonds is 42. The molecule has 4 unspecified atom stereocenters. The van der Waals surface area contributed by atoms with Gasteiger partial charge in [0.1, 0.15) is 12.2 Å². The zero-order valence-corrected chi connectivity index (χ0v) is 35.3. The molecule has 5 N–H and O–H groups in total. The highest BCUT2D eigenvalue weighted by atomic mass is 16.3. The first-order chi connectivity index (χ1) is 26.0. The molecule has 314 valence electrons. The third kappa shape index (κ3) is 36.2. The van der Waals surface area contributed by atoms with E-state index in [0.29, 0.717) is 12.8 Å². The number of aliphatic hydroxyl groups excluding tert-OH is 4. The van der Waals surface area contributed by atoms with Gasteiger partial charge in [-0.05, 0) is 64.2 Å². The topological polar surface area (TPSA) is 110 Å². The van der Waals surface area contributed by atoms with E-state index in [0.717, 1.165) is 38.5 Å². The van der Waals surface area contributed by atoms with Crippen LogP contribution < -0.4 is 5.32 Å². The fourth-order valence-corrected chi connectivity index (χ4v) is 7.16. The number of aliphatic hydroxyl groups is 4. The summed E-state index contributed by atoms with van der Waals surface area (Å²) in [4.78, 5) is 12.5. The first-order valence-corrected chi connectivity index (χ1v) is 23.2. The van der Waals surface area contributed by atoms with Crippen LogP contribution in [0.4, 0.5) is 0 Å². The van der Waals surface area contributed by atoms with Gasteiger partial charge in [-0.3, -0.25) is 4.79 Å². The van der Waals surface area contributed by atoms with Gasteiger partial charge in [-0.2, -0.15) is 0 Å². The van der Waals surface area contributed by atoms with Crippen molar-refractivity contribution in [2.75, 3.05) is 6.61 Å². The van der Waals surface area contributed by atoms with Gasteiger partial charge in [0, 0.05) is 0 Å². The number of carbonyl (C=O) groups excluding carboxylic acids is 1. The van der Waals surface area contributed by atoms with Crippen molar-refractivity contribution in [3.05, 3.63) is 24.3 Å². The van der Waals surface area contributed by atoms with Gasteiger partial charge < -0.3 is 25.7 Å². The second-order valence-electron chi connectivity index (χ2n) is 16.1. The van der Waals surface area contributed by atoms with E-state index in [9.17, 15) is 25.2 Å². The zero-order chi connectivity index (χ0) is 38.9. The molecule has 6 nitrogen and oxygen atoms in total. The van der Waals surface area contributed by atoms with E-state index >= 15 is 0 Å². The fraction of sp³-hybridized carbons (Fsp3) is 0.894. The largest absolute Gasteiger partial charge is 0.394 e. The number of unbranched alkanes of at least 4 members (excludes halogenated alkanes) is 29. The van der Waals surface area contributed by atoms with Gasteiger partial charge in [-0.15, -0.1) is 0 Å². The van der Waals surface area contributed by atoms with E-state index in [4.69, 9.17) is 0 Å². The Bertz CT molecular complexity index is 802. The Balaban J connectivity index is 3.65. The minimum atomic E-state index is -1.28. The van der Waals surface area contributed by atoms with Crippen molar-refractivity contribution in [2.45, 2.75) is 263 Å². The monoisotopic (exact) mass is 750 g/mol. The molecule has 0 spiro atoms. The highest BCUT2D eigenvalue weighted by Crippen LogP contribution is 2.16. The van der Waals surface area contributed by atoms with Gasteiger partial charge in [-0.1, -0.05) is 199 Å². The van der Waals surface area contributed by atoms with Crippen molar-refractivity contribution < 1.29 is 25.2 Å². The first-order valence-electron chi connectivity index (χ1n) is 23.2. The van der Waals surface area contributed by atoms with E-state index in [1.165, 1.54) is 173 Å². The molecule has 0 radical (unpaired) electrons. The van der Waals surface area contributed by atoms with E-state index in [-0.39, 0.29) is 0 Å². The predicted molar refractivity (Wildman–Crippen MR) is 228 cm³/mol. The normalized spacial score (nSPS) is 14.3. The lowest BCUT2D eigenvalue weighted by Crippen LogP contribution is -2.53. The Kier molecular flexibility index (Phi) is 41.0. The Morgan fingerprint density at radius 1 is 0.453 bits per heavy atom. The summed E-state index contributed by atoms with van der Waals surface area (Å²) >= 11 is 0. The maximum absolute atomic E-state index is 12.5. The average molecular weight is 750 g/mol. The molecule has 4 atom stereocenters. The molecule has 0 aromatic carbocycles. The Morgan fingerprint density at radius 3 is 1.13 bits per heavy atom. The molecule has 0 aromatic heterocycles. The smallest absolute Gasteiger partial charge is 0.249 e. The van der Waals surface area contributed by atoms with Crippen molar-refractivity contribution >= 4 is 5.91 Å². The maximum atomic E-state index is 12.5. The minimum absolute atomic E-state index is 0.363. The molecule has 0 aliphatic carbocycles. The minimum Gasteiger partial charge on any atom is -0.394 e. The molecule has 0 bridgehead atoms. The summed E-state index contributed by atoms with van der Waals surface area (Å²) in [6.45, 7) is 4.02. The summed E-state index contributed by atoms with van der Waals surface area (Å²) in [5.74, 6) is -0.594. The SMILES string of the molecule is CCCCCCCC/C=C/CCCC(O)C(O)C(CO)NC(=O)C(O)CCCCCCCCCCCC/C=C\CCCCCCCCCCCCCC. The molecule has 0 saturated carbocycles. The van der Waals surface area contributed by atoms with Crippen LogP contribution >= 0.6 is 0 Å². The van der Waals surface area contributed by atoms with Crippen molar-refractivity contribution in [1.29, 1.82) is 0 Å². The van der Waals surface area contributed by atoms with Crippen LogP contribution in [0.15, 0.2) is 24.3 Å². The van der Waals surface area contributed by atoms with E-state index in [2.05, 4.69) is 43.5 Å². The first kappa shape index (κ1) is 51.8. The molecule has 0 aromatic rings. The van der Waals surface area contributed by atoms with Crippen LogP contribution in [-0.2, 0) is 4.79 Å². The third-order valence-electron chi connectivity index (χ3n) is 10.9. The molecule has 1 amide bonds. The summed E-state index contributed by atoms with van der Waals surface area (Å²) in [5.41, 5.74) is 0. The van der Waals surface area contributed by atoms with Crippen molar-refractivity contribution in [2.24, 2.45) is 0 Å². The summed E-state index contributed by atoms with van der Waals surface area (Å²) in [7, 11) is 0. The molecule has 0 rings (SSSR count). The van der Waals surface area contributed by atoms with E-state index in [1.807, 2.05) is 0 Å². The number of amides is 1. The quantitative estimate of drug-likeness (QED) is 0.0315. The maximum Gasteiger partial charge on any atom is 0.249 e. The van der Waals surface area contributed by atoms with Gasteiger partial charge in [0.05, 0.1) is 18.8 Å². The summed E-state index contributed by atoms with van der Waals surface area (Å²) in [6, 6.07) is -0.999. The Hall–Kier alpha value is -1.21. The highest BCUT2D eigenvalue weighted by molar-refractivity contribution is 5.80. The van der Waals surface area contributed by atoms with Crippen LogP contribution in [-0.4, -0.2) is 57.3 Å². The van der Waals surface area contributed by atoms with Crippen LogP contribution in [0.25, 0.3) is 0 Å². The van der Waals surface area contributed by atoms with Gasteiger partial charge in [0.25, 0.3) is 0 Å². The molecule has 0 fully saturated rings. The molecule has 0 aliphatic heterocycles. The molecular weight excluding hydrogens is 659 g/mol. The second kappa shape index (κ2) is 41.9. The second-order valence-corrected chi connectivity index (χ2v) is 16.1. The number of allylic oxidation sites excluding steroid dienone is 4. The van der Waals surface area contributed by atoms with Crippen molar-refractivity contribution in [3.8, 4) is 0 Å². The van der Waals surface area contributed by atoms with Gasteiger partial charge in [0.15, 0.2) is 0 Å². The number of hydrogen-bond donors (Lipinski definition) is 5. The number of hydrogen-bond acceptors (Lipinski definition) is 5. The van der Waals surface area contributed by atoms with Crippen LogP contribution in [0.3, 0.4) is 0 Å². The van der Waals surface area contributed by atoms with Crippen LogP contribution in [0.2, 0.25) is 0 Å². The third-order valence-corrected chi connectivity index (χ3v) is 10.9. The fourth-order valence-electron chi connectivity index (χ4n) is 7.16. The molecule has 6 heteroatoms. The lowest BCUT2D eigenvalue weighted by molar-refractivity contribution is -0.132. The average Bonchev–Trinajstić information content (AvgIpc) is 3.16. The Morgan fingerprint density at radius 2 is 0.774 bits per heavy atom. The molecule has 53 heavy (non-hydrogen) atoms. The van der Waals surface area contributed by atoms with Crippen molar-refractivity contribution in [3.63, 3.8) is 0 Å².